The molecule has 2 aromatic heterocycles. The third-order valence-electron chi connectivity index (χ3n) is 5.04. The topological polar surface area (TPSA) is 29.0 Å². The first-order valence-corrected chi connectivity index (χ1v) is 9.49. The number of allylic oxidation sites excluding steroid dienone is 2. The Bertz CT molecular complexity index is 1100. The second-order valence-corrected chi connectivity index (χ2v) is 7.24. The van der Waals surface area contributed by atoms with Gasteiger partial charge in [-0.05, 0) is 54.3 Å². The van der Waals surface area contributed by atoms with Gasteiger partial charge < -0.3 is 4.90 Å². The number of pyridine rings is 2. The van der Waals surface area contributed by atoms with Gasteiger partial charge in [0.25, 0.3) is 0 Å². The van der Waals surface area contributed by atoms with Crippen LogP contribution in [0, 0.1) is 18.7 Å². The molecule has 0 saturated carbocycles. The standard InChI is InChI=1S/C24H21F2N3/c1-16-10-18(13-28-24(16)20-8-9-27-23(26)12-20)14-29-15-21(7-6-17(29)2)19-4-3-5-22(25)11-19/h3-13,15,17H,14H2,1-2H3. The number of hydrogen-bond acceptors (Lipinski definition) is 3. The van der Waals surface area contributed by atoms with Gasteiger partial charge in [0, 0.05) is 42.8 Å². The van der Waals surface area contributed by atoms with Crippen LogP contribution in [0.5, 0.6) is 0 Å². The summed E-state index contributed by atoms with van der Waals surface area (Å²) in [5.74, 6) is -0.762. The fourth-order valence-electron chi connectivity index (χ4n) is 3.50. The Balaban J connectivity index is 1.58. The lowest BCUT2D eigenvalue weighted by atomic mass is 10.0. The molecular formula is C24H21F2N3. The third-order valence-corrected chi connectivity index (χ3v) is 5.04. The maximum absolute atomic E-state index is 13.6. The lowest BCUT2D eigenvalue weighted by Crippen LogP contribution is -2.28. The molecule has 1 atom stereocenters. The molecule has 0 saturated heterocycles. The van der Waals surface area contributed by atoms with E-state index < -0.39 is 5.95 Å². The molecule has 0 radical (unpaired) electrons. The highest BCUT2D eigenvalue weighted by Crippen LogP contribution is 2.26. The molecule has 3 nitrogen and oxygen atoms in total. The molecule has 0 N–H and O–H groups in total. The van der Waals surface area contributed by atoms with Crippen molar-refractivity contribution < 1.29 is 8.78 Å². The van der Waals surface area contributed by atoms with Crippen molar-refractivity contribution in [3.8, 4) is 11.3 Å². The Morgan fingerprint density at radius 1 is 1.03 bits per heavy atom. The number of hydrogen-bond donors (Lipinski definition) is 0. The van der Waals surface area contributed by atoms with Gasteiger partial charge in [-0.25, -0.2) is 9.37 Å². The van der Waals surface area contributed by atoms with Crippen LogP contribution in [-0.4, -0.2) is 20.9 Å². The summed E-state index contributed by atoms with van der Waals surface area (Å²) in [6.45, 7) is 4.75. The first kappa shape index (κ1) is 19.0. The second kappa shape index (κ2) is 7.95. The fourth-order valence-corrected chi connectivity index (χ4v) is 3.50. The smallest absolute Gasteiger partial charge is 0.213 e. The van der Waals surface area contributed by atoms with Crippen molar-refractivity contribution in [2.24, 2.45) is 0 Å². The van der Waals surface area contributed by atoms with E-state index in [1.807, 2.05) is 25.3 Å². The summed E-state index contributed by atoms with van der Waals surface area (Å²) in [5, 5.41) is 0. The monoisotopic (exact) mass is 389 g/mol. The van der Waals surface area contributed by atoms with Crippen molar-refractivity contribution in [1.29, 1.82) is 0 Å². The number of benzene rings is 1. The van der Waals surface area contributed by atoms with Crippen LogP contribution in [-0.2, 0) is 6.54 Å². The van der Waals surface area contributed by atoms with Gasteiger partial charge in [0.05, 0.1) is 5.69 Å². The zero-order chi connectivity index (χ0) is 20.4. The van der Waals surface area contributed by atoms with Crippen LogP contribution in [0.3, 0.4) is 0 Å². The van der Waals surface area contributed by atoms with Crippen LogP contribution in [0.1, 0.15) is 23.6 Å². The minimum atomic E-state index is -0.517. The Labute approximate surface area is 169 Å². The van der Waals surface area contributed by atoms with E-state index >= 15 is 0 Å². The van der Waals surface area contributed by atoms with Crippen molar-refractivity contribution in [3.63, 3.8) is 0 Å². The summed E-state index contributed by atoms with van der Waals surface area (Å²) >= 11 is 0. The molecule has 4 rings (SSSR count). The molecule has 0 amide bonds. The molecule has 29 heavy (non-hydrogen) atoms. The Morgan fingerprint density at radius 3 is 2.66 bits per heavy atom. The molecule has 5 heteroatoms. The highest BCUT2D eigenvalue weighted by Gasteiger charge is 2.15. The molecule has 0 aliphatic carbocycles. The number of nitrogens with zero attached hydrogens (tertiary/aromatic N) is 3. The summed E-state index contributed by atoms with van der Waals surface area (Å²) in [6, 6.07) is 12.0. The van der Waals surface area contributed by atoms with Crippen LogP contribution in [0.4, 0.5) is 8.78 Å². The molecule has 146 valence electrons. The fraction of sp³-hybridized carbons (Fsp3) is 0.167. The van der Waals surface area contributed by atoms with E-state index in [1.165, 1.54) is 18.3 Å². The van der Waals surface area contributed by atoms with E-state index in [0.29, 0.717) is 12.1 Å². The quantitative estimate of drug-likeness (QED) is 0.549. The summed E-state index contributed by atoms with van der Waals surface area (Å²) in [7, 11) is 0. The van der Waals surface area contributed by atoms with E-state index in [-0.39, 0.29) is 11.9 Å². The van der Waals surface area contributed by atoms with Crippen molar-refractivity contribution in [1.82, 2.24) is 14.9 Å². The van der Waals surface area contributed by atoms with Gasteiger partial charge in [0.15, 0.2) is 0 Å². The first-order chi connectivity index (χ1) is 14.0. The van der Waals surface area contributed by atoms with Gasteiger partial charge >= 0.3 is 0 Å². The molecule has 3 heterocycles. The average molecular weight is 389 g/mol. The Hall–Kier alpha value is -3.34. The summed E-state index contributed by atoms with van der Waals surface area (Å²) in [5.41, 5.74) is 5.31. The summed E-state index contributed by atoms with van der Waals surface area (Å²) in [6.07, 6.45) is 9.46. The van der Waals surface area contributed by atoms with Gasteiger partial charge in [0.2, 0.25) is 5.95 Å². The summed E-state index contributed by atoms with van der Waals surface area (Å²) in [4.78, 5) is 10.4. The molecule has 1 aromatic carbocycles. The number of aryl methyl sites for hydroxylation is 1. The normalized spacial score (nSPS) is 16.1. The molecule has 3 aromatic rings. The zero-order valence-corrected chi connectivity index (χ0v) is 16.3. The Morgan fingerprint density at radius 2 is 1.90 bits per heavy atom. The van der Waals surface area contributed by atoms with E-state index in [9.17, 15) is 8.78 Å². The Kier molecular flexibility index (Phi) is 5.21. The predicted octanol–water partition coefficient (Wildman–Crippen LogP) is 5.53. The molecule has 0 spiro atoms. The van der Waals surface area contributed by atoms with Crippen molar-refractivity contribution in [2.45, 2.75) is 26.4 Å². The van der Waals surface area contributed by atoms with Gasteiger partial charge in [-0.15, -0.1) is 0 Å². The van der Waals surface area contributed by atoms with Crippen molar-refractivity contribution in [3.05, 3.63) is 102 Å². The van der Waals surface area contributed by atoms with Gasteiger partial charge in [-0.1, -0.05) is 30.4 Å². The van der Waals surface area contributed by atoms with Crippen LogP contribution in [0.15, 0.2) is 73.2 Å². The van der Waals surface area contributed by atoms with E-state index in [0.717, 1.165) is 28.0 Å². The number of aromatic nitrogens is 2. The molecule has 1 aliphatic rings. The molecule has 0 fully saturated rings. The lowest BCUT2D eigenvalue weighted by Gasteiger charge is -2.30. The number of halogens is 2. The maximum Gasteiger partial charge on any atom is 0.213 e. The number of rotatable bonds is 4. The van der Waals surface area contributed by atoms with Crippen molar-refractivity contribution in [2.75, 3.05) is 0 Å². The van der Waals surface area contributed by atoms with Crippen LogP contribution in [0.2, 0.25) is 0 Å². The van der Waals surface area contributed by atoms with Crippen LogP contribution >= 0.6 is 0 Å². The SMILES string of the molecule is Cc1cc(CN2C=C(c3cccc(F)c3)C=CC2C)cnc1-c1ccnc(F)c1. The molecule has 1 unspecified atom stereocenters. The zero-order valence-electron chi connectivity index (χ0n) is 16.3. The van der Waals surface area contributed by atoms with Gasteiger partial charge in [-0.3, -0.25) is 4.98 Å². The highest BCUT2D eigenvalue weighted by molar-refractivity contribution is 5.74. The maximum atomic E-state index is 13.6. The predicted molar refractivity (Wildman–Crippen MR) is 111 cm³/mol. The van der Waals surface area contributed by atoms with Crippen LogP contribution < -0.4 is 0 Å². The minimum absolute atomic E-state index is 0.210. The molecule has 0 bridgehead atoms. The van der Waals surface area contributed by atoms with E-state index in [4.69, 9.17) is 0 Å². The largest absolute Gasteiger partial charge is 0.366 e. The first-order valence-electron chi connectivity index (χ1n) is 9.49. The van der Waals surface area contributed by atoms with Crippen molar-refractivity contribution >= 4 is 5.57 Å². The van der Waals surface area contributed by atoms with E-state index in [2.05, 4.69) is 40.1 Å². The van der Waals surface area contributed by atoms with Gasteiger partial charge in [0.1, 0.15) is 5.82 Å². The minimum Gasteiger partial charge on any atom is -0.366 e. The summed E-state index contributed by atoms with van der Waals surface area (Å²) < 4.78 is 27.0. The third kappa shape index (κ3) is 4.24. The average Bonchev–Trinajstić information content (AvgIpc) is 2.70. The highest BCUT2D eigenvalue weighted by atomic mass is 19.1. The van der Waals surface area contributed by atoms with Gasteiger partial charge in [-0.2, -0.15) is 4.39 Å². The van der Waals surface area contributed by atoms with E-state index in [1.54, 1.807) is 18.2 Å². The van der Waals surface area contributed by atoms with Crippen LogP contribution in [0.25, 0.3) is 16.8 Å². The second-order valence-electron chi connectivity index (χ2n) is 7.24. The molecule has 1 aliphatic heterocycles. The lowest BCUT2D eigenvalue weighted by molar-refractivity contribution is 0.326. The molecular weight excluding hydrogens is 368 g/mol.